The molecule has 0 aromatic carbocycles. The van der Waals surface area contributed by atoms with E-state index < -0.39 is 0 Å². The summed E-state index contributed by atoms with van der Waals surface area (Å²) in [5.41, 5.74) is 2.17. The van der Waals surface area contributed by atoms with Crippen LogP contribution in [0.3, 0.4) is 0 Å². The van der Waals surface area contributed by atoms with Gasteiger partial charge in [-0.05, 0) is 55.2 Å². The highest BCUT2D eigenvalue weighted by Crippen LogP contribution is 2.34. The molecule has 1 atom stereocenters. The number of piperidine rings is 1. The van der Waals surface area contributed by atoms with Gasteiger partial charge in [-0.15, -0.1) is 11.3 Å². The predicted octanol–water partition coefficient (Wildman–Crippen LogP) is 3.61. The lowest BCUT2D eigenvalue weighted by Crippen LogP contribution is -2.46. The lowest BCUT2D eigenvalue weighted by Gasteiger charge is -2.35. The van der Waals surface area contributed by atoms with Crippen molar-refractivity contribution in [3.8, 4) is 0 Å². The fourth-order valence-electron chi connectivity index (χ4n) is 3.76. The molecule has 2 aliphatic rings. The van der Waals surface area contributed by atoms with Crippen molar-refractivity contribution in [1.82, 2.24) is 10.2 Å². The first-order valence-corrected chi connectivity index (χ1v) is 9.33. The molecule has 122 valence electrons. The molecular formula is C18H22N2O2S. The van der Waals surface area contributed by atoms with E-state index in [9.17, 15) is 4.79 Å². The number of fused-ring (bicyclic) bond motifs is 1. The van der Waals surface area contributed by atoms with Crippen molar-refractivity contribution in [3.63, 3.8) is 0 Å². The van der Waals surface area contributed by atoms with Crippen molar-refractivity contribution >= 4 is 17.2 Å². The summed E-state index contributed by atoms with van der Waals surface area (Å²) in [5.74, 6) is 0.0926. The third kappa shape index (κ3) is 3.08. The van der Waals surface area contributed by atoms with Gasteiger partial charge in [-0.2, -0.15) is 0 Å². The first-order valence-electron chi connectivity index (χ1n) is 8.45. The first kappa shape index (κ1) is 15.0. The van der Waals surface area contributed by atoms with Gasteiger partial charge in [0, 0.05) is 30.1 Å². The molecule has 3 heterocycles. The van der Waals surface area contributed by atoms with Gasteiger partial charge in [0.05, 0.1) is 11.8 Å². The number of amides is 1. The molecule has 2 aromatic rings. The van der Waals surface area contributed by atoms with E-state index in [4.69, 9.17) is 4.42 Å². The summed E-state index contributed by atoms with van der Waals surface area (Å²) in [6.07, 6.45) is 8.90. The Morgan fingerprint density at radius 2 is 2.13 bits per heavy atom. The third-order valence-electron chi connectivity index (χ3n) is 5.04. The molecule has 0 saturated carbocycles. The van der Waals surface area contributed by atoms with Crippen LogP contribution in [0.25, 0.3) is 0 Å². The summed E-state index contributed by atoms with van der Waals surface area (Å²) < 4.78 is 5.01. The van der Waals surface area contributed by atoms with Gasteiger partial charge in [0.15, 0.2) is 0 Å². The monoisotopic (exact) mass is 330 g/mol. The Balaban J connectivity index is 1.33. The molecule has 0 radical (unpaired) electrons. The molecule has 1 aliphatic heterocycles. The number of likely N-dealkylation sites (tertiary alicyclic amines) is 1. The smallest absolute Gasteiger partial charge is 0.257 e. The Bertz CT molecular complexity index is 656. The van der Waals surface area contributed by atoms with Crippen LogP contribution in [0.4, 0.5) is 0 Å². The molecule has 4 rings (SSSR count). The average molecular weight is 330 g/mol. The van der Waals surface area contributed by atoms with Crippen molar-refractivity contribution in [2.45, 2.75) is 44.2 Å². The van der Waals surface area contributed by atoms with E-state index in [1.54, 1.807) is 17.2 Å². The number of nitrogens with zero attached hydrogens (tertiary/aromatic N) is 1. The van der Waals surface area contributed by atoms with Gasteiger partial charge in [0.1, 0.15) is 6.26 Å². The number of rotatable bonds is 3. The van der Waals surface area contributed by atoms with Gasteiger partial charge in [-0.3, -0.25) is 4.79 Å². The molecular weight excluding hydrogens is 308 g/mol. The Labute approximate surface area is 140 Å². The van der Waals surface area contributed by atoms with E-state index in [1.165, 1.54) is 31.1 Å². The van der Waals surface area contributed by atoms with Gasteiger partial charge in [-0.1, -0.05) is 0 Å². The van der Waals surface area contributed by atoms with Crippen LogP contribution in [0.2, 0.25) is 0 Å². The lowest BCUT2D eigenvalue weighted by atomic mass is 9.92. The number of furan rings is 1. The Kier molecular flexibility index (Phi) is 4.23. The van der Waals surface area contributed by atoms with Crippen molar-refractivity contribution in [2.24, 2.45) is 0 Å². The molecule has 1 saturated heterocycles. The number of hydrogen-bond donors (Lipinski definition) is 1. The van der Waals surface area contributed by atoms with Crippen LogP contribution in [-0.4, -0.2) is 29.9 Å². The van der Waals surface area contributed by atoms with Gasteiger partial charge < -0.3 is 14.6 Å². The van der Waals surface area contributed by atoms with E-state index in [-0.39, 0.29) is 5.91 Å². The van der Waals surface area contributed by atoms with Crippen LogP contribution in [0.1, 0.15) is 52.5 Å². The number of carbonyl (C=O) groups is 1. The maximum atomic E-state index is 12.3. The molecule has 1 N–H and O–H groups in total. The standard InChI is InChI=1S/C18H22N2O2S/c21-18(13-6-10-22-12-13)20-8-4-14(5-9-20)19-16-2-1-3-17-15(16)7-11-23-17/h6-7,10-12,14,16,19H,1-5,8-9H2/t16-/m1/s1. The fraction of sp³-hybridized carbons (Fsp3) is 0.500. The SMILES string of the molecule is O=C(c1ccoc1)N1CCC(N[C@@H]2CCCc3sccc32)CC1. The number of hydrogen-bond acceptors (Lipinski definition) is 4. The van der Waals surface area contributed by atoms with Crippen LogP contribution in [-0.2, 0) is 6.42 Å². The van der Waals surface area contributed by atoms with Crippen LogP contribution >= 0.6 is 11.3 Å². The molecule has 23 heavy (non-hydrogen) atoms. The fourth-order valence-corrected chi connectivity index (χ4v) is 4.75. The van der Waals surface area contributed by atoms with Crippen LogP contribution in [0.15, 0.2) is 34.5 Å². The summed E-state index contributed by atoms with van der Waals surface area (Å²) in [5, 5.41) is 6.06. The zero-order chi connectivity index (χ0) is 15.6. The minimum Gasteiger partial charge on any atom is -0.472 e. The highest BCUT2D eigenvalue weighted by molar-refractivity contribution is 7.10. The zero-order valence-corrected chi connectivity index (χ0v) is 14.0. The van der Waals surface area contributed by atoms with Crippen LogP contribution in [0.5, 0.6) is 0 Å². The largest absolute Gasteiger partial charge is 0.472 e. The summed E-state index contributed by atoms with van der Waals surface area (Å²) in [7, 11) is 0. The number of aryl methyl sites for hydroxylation is 1. The summed E-state index contributed by atoms with van der Waals surface area (Å²) >= 11 is 1.89. The van der Waals surface area contributed by atoms with Crippen molar-refractivity contribution in [3.05, 3.63) is 46.0 Å². The highest BCUT2D eigenvalue weighted by Gasteiger charge is 2.28. The van der Waals surface area contributed by atoms with Gasteiger partial charge in [0.25, 0.3) is 5.91 Å². The molecule has 2 aromatic heterocycles. The van der Waals surface area contributed by atoms with Crippen LogP contribution in [0, 0.1) is 0 Å². The maximum Gasteiger partial charge on any atom is 0.257 e. The Hall–Kier alpha value is -1.59. The van der Waals surface area contributed by atoms with E-state index in [0.29, 0.717) is 17.6 Å². The van der Waals surface area contributed by atoms with E-state index >= 15 is 0 Å². The van der Waals surface area contributed by atoms with Gasteiger partial charge in [0.2, 0.25) is 0 Å². The summed E-state index contributed by atoms with van der Waals surface area (Å²) in [6.45, 7) is 1.65. The molecule has 0 spiro atoms. The quantitative estimate of drug-likeness (QED) is 0.935. The molecule has 1 aliphatic carbocycles. The molecule has 5 heteroatoms. The normalized spacial score (nSPS) is 22.1. The maximum absolute atomic E-state index is 12.3. The lowest BCUT2D eigenvalue weighted by molar-refractivity contribution is 0.0700. The van der Waals surface area contributed by atoms with Crippen molar-refractivity contribution < 1.29 is 9.21 Å². The first-order chi connectivity index (χ1) is 11.3. The second-order valence-electron chi connectivity index (χ2n) is 6.49. The summed E-state index contributed by atoms with van der Waals surface area (Å²) in [4.78, 5) is 15.8. The minimum atomic E-state index is 0.0926. The third-order valence-corrected chi connectivity index (χ3v) is 6.04. The number of thiophene rings is 1. The highest BCUT2D eigenvalue weighted by atomic mass is 32.1. The summed E-state index contributed by atoms with van der Waals surface area (Å²) in [6, 6.07) is 5.05. The zero-order valence-electron chi connectivity index (χ0n) is 13.2. The van der Waals surface area contributed by atoms with Crippen molar-refractivity contribution in [2.75, 3.05) is 13.1 Å². The topological polar surface area (TPSA) is 45.5 Å². The molecule has 0 bridgehead atoms. The Morgan fingerprint density at radius 3 is 2.91 bits per heavy atom. The second kappa shape index (κ2) is 6.49. The van der Waals surface area contributed by atoms with Crippen molar-refractivity contribution in [1.29, 1.82) is 0 Å². The Morgan fingerprint density at radius 1 is 1.26 bits per heavy atom. The number of nitrogens with one attached hydrogen (secondary N) is 1. The molecule has 1 amide bonds. The number of carbonyl (C=O) groups excluding carboxylic acids is 1. The van der Waals surface area contributed by atoms with E-state index in [1.807, 2.05) is 16.2 Å². The predicted molar refractivity (Wildman–Crippen MR) is 90.8 cm³/mol. The van der Waals surface area contributed by atoms with Gasteiger partial charge in [-0.25, -0.2) is 0 Å². The average Bonchev–Trinajstić information content (AvgIpc) is 3.27. The molecule has 4 nitrogen and oxygen atoms in total. The second-order valence-corrected chi connectivity index (χ2v) is 7.49. The molecule has 0 unspecified atom stereocenters. The van der Waals surface area contributed by atoms with Crippen LogP contribution < -0.4 is 5.32 Å². The van der Waals surface area contributed by atoms with Gasteiger partial charge >= 0.3 is 0 Å². The molecule has 1 fully saturated rings. The van der Waals surface area contributed by atoms with E-state index in [2.05, 4.69) is 16.8 Å². The van der Waals surface area contributed by atoms with E-state index in [0.717, 1.165) is 25.9 Å². The minimum absolute atomic E-state index is 0.0926.